The highest BCUT2D eigenvalue weighted by Crippen LogP contribution is 2.30. The van der Waals surface area contributed by atoms with Gasteiger partial charge in [0, 0.05) is 38.1 Å². The molecule has 0 bridgehead atoms. The van der Waals surface area contributed by atoms with E-state index in [0.29, 0.717) is 5.69 Å². The van der Waals surface area contributed by atoms with E-state index in [-0.39, 0.29) is 5.91 Å². The van der Waals surface area contributed by atoms with Gasteiger partial charge in [-0.2, -0.15) is 5.10 Å². The van der Waals surface area contributed by atoms with E-state index in [0.717, 1.165) is 43.0 Å². The van der Waals surface area contributed by atoms with Crippen LogP contribution in [0.25, 0.3) is 10.9 Å². The maximum absolute atomic E-state index is 12.6. The third-order valence-electron chi connectivity index (χ3n) is 4.55. The first-order valence-electron chi connectivity index (χ1n) is 7.76. The summed E-state index contributed by atoms with van der Waals surface area (Å²) in [6.45, 7) is 4.82. The van der Waals surface area contributed by atoms with Crippen molar-refractivity contribution < 1.29 is 4.79 Å². The van der Waals surface area contributed by atoms with Crippen molar-refractivity contribution in [2.45, 2.75) is 12.8 Å². The third-order valence-corrected chi connectivity index (χ3v) is 4.55. The Labute approximate surface area is 123 Å². The van der Waals surface area contributed by atoms with E-state index in [1.165, 1.54) is 19.4 Å². The first kappa shape index (κ1) is 12.8. The molecule has 1 aromatic heterocycles. The molecule has 1 aromatic carbocycles. The molecule has 0 atom stereocenters. The molecular formula is C16H20N4O. The van der Waals surface area contributed by atoms with Crippen LogP contribution in [0.3, 0.4) is 0 Å². The van der Waals surface area contributed by atoms with E-state index in [9.17, 15) is 4.79 Å². The van der Waals surface area contributed by atoms with Gasteiger partial charge in [-0.15, -0.1) is 0 Å². The number of aromatic nitrogens is 2. The number of para-hydroxylation sites is 1. The molecule has 2 aromatic rings. The minimum Gasteiger partial charge on any atom is -0.335 e. The Morgan fingerprint density at radius 1 is 1.19 bits per heavy atom. The van der Waals surface area contributed by atoms with Crippen LogP contribution in [0.1, 0.15) is 23.3 Å². The maximum atomic E-state index is 12.6. The van der Waals surface area contributed by atoms with Crippen molar-refractivity contribution in [3.05, 3.63) is 30.0 Å². The van der Waals surface area contributed by atoms with Gasteiger partial charge in [0.05, 0.1) is 5.52 Å². The van der Waals surface area contributed by atoms with Crippen LogP contribution in [0.4, 0.5) is 0 Å². The van der Waals surface area contributed by atoms with E-state index in [1.54, 1.807) is 0 Å². The minimum atomic E-state index is 0.0542. The lowest BCUT2D eigenvalue weighted by atomic mass is 10.2. The first-order valence-corrected chi connectivity index (χ1v) is 7.76. The summed E-state index contributed by atoms with van der Waals surface area (Å²) in [5.74, 6) is 0.973. The lowest BCUT2D eigenvalue weighted by Gasteiger charge is -2.34. The molecule has 1 saturated heterocycles. The van der Waals surface area contributed by atoms with Gasteiger partial charge < -0.3 is 4.90 Å². The molecule has 2 heterocycles. The molecule has 1 aliphatic heterocycles. The second kappa shape index (κ2) is 5.15. The quantitative estimate of drug-likeness (QED) is 0.934. The van der Waals surface area contributed by atoms with Crippen LogP contribution >= 0.6 is 0 Å². The van der Waals surface area contributed by atoms with Crippen LogP contribution in [0.5, 0.6) is 0 Å². The molecule has 0 spiro atoms. The molecule has 0 radical (unpaired) electrons. The molecule has 2 fully saturated rings. The van der Waals surface area contributed by atoms with Crippen molar-refractivity contribution in [1.82, 2.24) is 20.0 Å². The number of rotatable bonds is 3. The minimum absolute atomic E-state index is 0.0542. The number of aromatic amines is 1. The van der Waals surface area contributed by atoms with Gasteiger partial charge in [-0.3, -0.25) is 14.8 Å². The topological polar surface area (TPSA) is 52.2 Å². The molecule has 1 amide bonds. The van der Waals surface area contributed by atoms with Crippen molar-refractivity contribution in [2.24, 2.45) is 5.92 Å². The van der Waals surface area contributed by atoms with E-state index in [2.05, 4.69) is 15.1 Å². The molecule has 1 aliphatic carbocycles. The lowest BCUT2D eigenvalue weighted by Crippen LogP contribution is -2.49. The van der Waals surface area contributed by atoms with E-state index >= 15 is 0 Å². The highest BCUT2D eigenvalue weighted by atomic mass is 16.2. The highest BCUT2D eigenvalue weighted by Gasteiger charge is 2.29. The summed E-state index contributed by atoms with van der Waals surface area (Å²) in [6.07, 6.45) is 2.77. The monoisotopic (exact) mass is 284 g/mol. The fraction of sp³-hybridized carbons (Fsp3) is 0.500. The second-order valence-corrected chi connectivity index (χ2v) is 6.15. The van der Waals surface area contributed by atoms with Gasteiger partial charge in [0.1, 0.15) is 0 Å². The van der Waals surface area contributed by atoms with E-state index in [4.69, 9.17) is 0 Å². The number of H-pyrrole nitrogens is 1. The van der Waals surface area contributed by atoms with Crippen LogP contribution in [0, 0.1) is 5.92 Å². The van der Waals surface area contributed by atoms with Crippen molar-refractivity contribution in [3.8, 4) is 0 Å². The Morgan fingerprint density at radius 3 is 2.71 bits per heavy atom. The normalized spacial score (nSPS) is 20.1. The van der Waals surface area contributed by atoms with E-state index < -0.39 is 0 Å². The number of nitrogens with zero attached hydrogens (tertiary/aromatic N) is 3. The van der Waals surface area contributed by atoms with Crippen LogP contribution in [-0.4, -0.2) is 58.6 Å². The Bertz CT molecular complexity index is 653. The Balaban J connectivity index is 1.45. The van der Waals surface area contributed by atoms with Gasteiger partial charge in [-0.1, -0.05) is 18.2 Å². The third kappa shape index (κ3) is 2.53. The van der Waals surface area contributed by atoms with Gasteiger partial charge in [0.15, 0.2) is 5.69 Å². The average Bonchev–Trinajstić information content (AvgIpc) is 3.23. The number of nitrogens with one attached hydrogen (secondary N) is 1. The Kier molecular flexibility index (Phi) is 3.15. The van der Waals surface area contributed by atoms with Crippen molar-refractivity contribution >= 4 is 16.8 Å². The molecule has 1 saturated carbocycles. The SMILES string of the molecule is O=C(c1n[nH]c2ccccc12)N1CCN(CC2CC2)CC1. The predicted octanol–water partition coefficient (Wildman–Crippen LogP) is 1.73. The van der Waals surface area contributed by atoms with Crippen LogP contribution in [0.2, 0.25) is 0 Å². The number of hydrogen-bond acceptors (Lipinski definition) is 3. The van der Waals surface area contributed by atoms with Gasteiger partial charge in [-0.05, 0) is 24.8 Å². The van der Waals surface area contributed by atoms with Gasteiger partial charge >= 0.3 is 0 Å². The second-order valence-electron chi connectivity index (χ2n) is 6.15. The zero-order chi connectivity index (χ0) is 14.2. The smallest absolute Gasteiger partial charge is 0.275 e. The van der Waals surface area contributed by atoms with Crippen LogP contribution < -0.4 is 0 Å². The molecule has 110 valence electrons. The zero-order valence-corrected chi connectivity index (χ0v) is 12.1. The molecule has 1 N–H and O–H groups in total. The van der Waals surface area contributed by atoms with Gasteiger partial charge in [-0.25, -0.2) is 0 Å². The van der Waals surface area contributed by atoms with Crippen molar-refractivity contribution in [2.75, 3.05) is 32.7 Å². The number of hydrogen-bond donors (Lipinski definition) is 1. The number of piperazine rings is 1. The Hall–Kier alpha value is -1.88. The molecular weight excluding hydrogens is 264 g/mol. The molecule has 5 nitrogen and oxygen atoms in total. The average molecular weight is 284 g/mol. The van der Waals surface area contributed by atoms with Gasteiger partial charge in [0.2, 0.25) is 0 Å². The highest BCUT2D eigenvalue weighted by molar-refractivity contribution is 6.04. The van der Waals surface area contributed by atoms with Crippen molar-refractivity contribution in [1.29, 1.82) is 0 Å². The fourth-order valence-corrected chi connectivity index (χ4v) is 3.08. The maximum Gasteiger partial charge on any atom is 0.275 e. The molecule has 21 heavy (non-hydrogen) atoms. The fourth-order valence-electron chi connectivity index (χ4n) is 3.08. The van der Waals surface area contributed by atoms with Crippen molar-refractivity contribution in [3.63, 3.8) is 0 Å². The van der Waals surface area contributed by atoms with E-state index in [1.807, 2.05) is 29.2 Å². The lowest BCUT2D eigenvalue weighted by molar-refractivity contribution is 0.0628. The summed E-state index contributed by atoms with van der Waals surface area (Å²) in [5, 5.41) is 8.08. The number of carbonyl (C=O) groups excluding carboxylic acids is 1. The van der Waals surface area contributed by atoms with Crippen LogP contribution in [-0.2, 0) is 0 Å². The Morgan fingerprint density at radius 2 is 1.95 bits per heavy atom. The number of fused-ring (bicyclic) bond motifs is 1. The molecule has 0 unspecified atom stereocenters. The summed E-state index contributed by atoms with van der Waals surface area (Å²) in [7, 11) is 0. The zero-order valence-electron chi connectivity index (χ0n) is 12.1. The summed E-state index contributed by atoms with van der Waals surface area (Å²) < 4.78 is 0. The summed E-state index contributed by atoms with van der Waals surface area (Å²) in [4.78, 5) is 17.1. The molecule has 5 heteroatoms. The standard InChI is InChI=1S/C16H20N4O/c21-16(15-13-3-1-2-4-14(13)17-18-15)20-9-7-19(8-10-20)11-12-5-6-12/h1-4,12H,5-11H2,(H,17,18). The van der Waals surface area contributed by atoms with Crippen LogP contribution in [0.15, 0.2) is 24.3 Å². The summed E-state index contributed by atoms with van der Waals surface area (Å²) in [5.41, 5.74) is 1.48. The summed E-state index contributed by atoms with van der Waals surface area (Å²) in [6, 6.07) is 7.80. The first-order chi connectivity index (χ1) is 10.3. The number of amides is 1. The number of carbonyl (C=O) groups is 1. The number of benzene rings is 1. The predicted molar refractivity (Wildman–Crippen MR) is 81.2 cm³/mol. The molecule has 4 rings (SSSR count). The van der Waals surface area contributed by atoms with Gasteiger partial charge in [0.25, 0.3) is 5.91 Å². The largest absolute Gasteiger partial charge is 0.335 e. The molecule has 2 aliphatic rings. The summed E-state index contributed by atoms with van der Waals surface area (Å²) >= 11 is 0.